The van der Waals surface area contributed by atoms with Gasteiger partial charge in [-0.2, -0.15) is 12.1 Å². The molecule has 2 heterocycles. The molecule has 0 fully saturated rings. The number of rotatable bonds is 5. The molecule has 310 valence electrons. The van der Waals surface area contributed by atoms with Gasteiger partial charge >= 0.3 is 41.9 Å². The SMILES string of the molecule is C[Si](C)=[Zr+2].Cc1cc2c(-n3c4ccccc4c4ccccc43)cccc2[cH-]1.Cc1cc2c(-n3c4ccccc4c4ccccc43)cccc2[cH-]1.c1ccc(CCc2ccccc2)cc1. The summed E-state index contributed by atoms with van der Waals surface area (Å²) in [6.07, 6.45) is 2.26. The van der Waals surface area contributed by atoms with E-state index in [-0.39, 0.29) is 5.43 Å². The predicted octanol–water partition coefficient (Wildman–Crippen LogP) is 16.2. The van der Waals surface area contributed by atoms with E-state index < -0.39 is 0 Å². The predicted molar refractivity (Wildman–Crippen MR) is 275 cm³/mol. The van der Waals surface area contributed by atoms with E-state index in [1.54, 1.807) is 23.3 Å². The van der Waals surface area contributed by atoms with E-state index in [0.717, 1.165) is 12.8 Å². The minimum absolute atomic E-state index is 0.210. The Bertz CT molecular complexity index is 3170. The molecule has 64 heavy (non-hydrogen) atoms. The average Bonchev–Trinajstić information content (AvgIpc) is 4.09. The molecule has 0 saturated heterocycles. The number of nitrogens with zero attached hydrogens (tertiary/aromatic N) is 2. The summed E-state index contributed by atoms with van der Waals surface area (Å²) in [5.74, 6) is 0. The summed E-state index contributed by atoms with van der Waals surface area (Å²) in [5.41, 5.74) is 13.2. The van der Waals surface area contributed by atoms with Crippen molar-refractivity contribution in [2.75, 3.05) is 0 Å². The van der Waals surface area contributed by atoms with Crippen LogP contribution in [0.1, 0.15) is 22.3 Å². The second kappa shape index (κ2) is 19.6. The molecule has 0 spiro atoms. The normalized spacial score (nSPS) is 11.0. The number of aromatic nitrogens is 2. The smallest absolute Gasteiger partial charge is 0.0532 e. The molecule has 12 rings (SSSR count). The molecule has 0 aliphatic carbocycles. The molecule has 0 aliphatic heterocycles. The summed E-state index contributed by atoms with van der Waals surface area (Å²) in [6, 6.07) is 78.1. The third kappa shape index (κ3) is 9.18. The topological polar surface area (TPSA) is 9.86 Å². The van der Waals surface area contributed by atoms with E-state index in [1.165, 1.54) is 98.8 Å². The Morgan fingerprint density at radius 2 is 0.672 bits per heavy atom. The molecule has 0 aliphatic rings. The number of para-hydroxylation sites is 4. The van der Waals surface area contributed by atoms with Crippen molar-refractivity contribution in [2.45, 2.75) is 39.8 Å². The van der Waals surface area contributed by atoms with E-state index in [0.29, 0.717) is 0 Å². The van der Waals surface area contributed by atoms with Crippen LogP contribution in [0.25, 0.3) is 76.5 Å². The Hall–Kier alpha value is -6.32. The van der Waals surface area contributed by atoms with Gasteiger partial charge in [-0.25, -0.2) is 0 Å². The fourth-order valence-electron chi connectivity index (χ4n) is 9.07. The maximum Gasteiger partial charge on any atom is 0.0532 e. The molecule has 0 atom stereocenters. The number of hydrogen-bond acceptors (Lipinski definition) is 0. The monoisotopic (exact) mass is 918 g/mol. The molecule has 0 saturated carbocycles. The Morgan fingerprint density at radius 3 is 1.00 bits per heavy atom. The summed E-state index contributed by atoms with van der Waals surface area (Å²) in [5, 5.41) is 10.5. The van der Waals surface area contributed by atoms with Gasteiger partial charge in [0.15, 0.2) is 0 Å². The summed E-state index contributed by atoms with van der Waals surface area (Å²) < 4.78 is 4.79. The zero-order valence-electron chi connectivity index (χ0n) is 37.1. The molecule has 0 N–H and O–H groups in total. The molecular weight excluding hydrogens is 868 g/mol. The molecule has 12 aromatic rings. The molecule has 10 aromatic carbocycles. The van der Waals surface area contributed by atoms with Gasteiger partial charge in [0.1, 0.15) is 0 Å². The number of hydrogen-bond donors (Lipinski definition) is 0. The van der Waals surface area contributed by atoms with Gasteiger partial charge in [-0.1, -0.05) is 159 Å². The second-order valence-electron chi connectivity index (χ2n) is 16.8. The summed E-state index contributed by atoms with van der Waals surface area (Å²) in [7, 11) is 0. The first-order chi connectivity index (χ1) is 31.3. The van der Waals surface area contributed by atoms with Crippen LogP contribution in [0.4, 0.5) is 0 Å². The Balaban J connectivity index is 0.000000120. The van der Waals surface area contributed by atoms with Crippen molar-refractivity contribution in [3.8, 4) is 11.4 Å². The van der Waals surface area contributed by atoms with Crippen LogP contribution >= 0.6 is 0 Å². The molecule has 4 heteroatoms. The van der Waals surface area contributed by atoms with Gasteiger partial charge in [0, 0.05) is 32.9 Å². The first kappa shape index (κ1) is 43.0. The maximum absolute atomic E-state index is 2.40. The van der Waals surface area contributed by atoms with E-state index in [2.05, 4.69) is 254 Å². The quantitative estimate of drug-likeness (QED) is 0.120. The molecule has 0 unspecified atom stereocenters. The fraction of sp³-hybridized carbons (Fsp3) is 0.100. The van der Waals surface area contributed by atoms with Crippen molar-refractivity contribution < 1.29 is 23.3 Å². The summed E-state index contributed by atoms with van der Waals surface area (Å²) >= 11 is 1.74. The summed E-state index contributed by atoms with van der Waals surface area (Å²) in [6.45, 7) is 8.94. The first-order valence-corrected chi connectivity index (χ1v) is 28.4. The van der Waals surface area contributed by atoms with Crippen LogP contribution < -0.4 is 0 Å². The Labute approximate surface area is 392 Å². The van der Waals surface area contributed by atoms with E-state index in [9.17, 15) is 0 Å². The van der Waals surface area contributed by atoms with Gasteiger partial charge in [0.25, 0.3) is 0 Å². The Kier molecular flexibility index (Phi) is 13.2. The Morgan fingerprint density at radius 1 is 0.375 bits per heavy atom. The molecule has 0 radical (unpaired) electrons. The third-order valence-electron chi connectivity index (χ3n) is 11.8. The number of fused-ring (bicyclic) bond motifs is 8. The molecule has 2 aromatic heterocycles. The van der Waals surface area contributed by atoms with Gasteiger partial charge in [-0.3, -0.25) is 0 Å². The van der Waals surface area contributed by atoms with Crippen LogP contribution in [0.2, 0.25) is 13.1 Å². The largest absolute Gasteiger partial charge is 0.318 e. The van der Waals surface area contributed by atoms with Crippen LogP contribution in [0.3, 0.4) is 0 Å². The van der Waals surface area contributed by atoms with Crippen LogP contribution in [0.5, 0.6) is 0 Å². The van der Waals surface area contributed by atoms with Gasteiger partial charge in [0.05, 0.1) is 22.1 Å². The van der Waals surface area contributed by atoms with E-state index in [1.807, 2.05) is 0 Å². The van der Waals surface area contributed by atoms with Crippen molar-refractivity contribution in [2.24, 2.45) is 0 Å². The molecular formula is C60H52N2SiZr. The van der Waals surface area contributed by atoms with Crippen LogP contribution in [-0.4, -0.2) is 14.6 Å². The minimum Gasteiger partial charge on any atom is -0.318 e. The molecule has 0 bridgehead atoms. The number of aryl methyl sites for hydroxylation is 4. The van der Waals surface area contributed by atoms with E-state index in [4.69, 9.17) is 0 Å². The van der Waals surface area contributed by atoms with Crippen molar-refractivity contribution in [1.29, 1.82) is 0 Å². The van der Waals surface area contributed by atoms with Crippen molar-refractivity contribution in [1.82, 2.24) is 9.13 Å². The molecule has 0 amide bonds. The third-order valence-corrected chi connectivity index (χ3v) is 11.8. The van der Waals surface area contributed by atoms with Crippen LogP contribution in [0.15, 0.2) is 218 Å². The van der Waals surface area contributed by atoms with Crippen LogP contribution in [0, 0.1) is 13.8 Å². The fourth-order valence-corrected chi connectivity index (χ4v) is 9.07. The van der Waals surface area contributed by atoms with Crippen LogP contribution in [-0.2, 0) is 36.2 Å². The van der Waals surface area contributed by atoms with Crippen molar-refractivity contribution in [3.05, 3.63) is 241 Å². The second-order valence-corrected chi connectivity index (χ2v) is 26.2. The van der Waals surface area contributed by atoms with Gasteiger partial charge in [-0.05, 0) is 48.2 Å². The van der Waals surface area contributed by atoms with Crippen molar-refractivity contribution >= 4 is 70.6 Å². The summed E-state index contributed by atoms with van der Waals surface area (Å²) in [4.78, 5) is 0. The minimum atomic E-state index is 0.210. The maximum atomic E-state index is 2.40. The molecule has 2 nitrogen and oxygen atoms in total. The average molecular weight is 920 g/mol. The zero-order valence-corrected chi connectivity index (χ0v) is 40.6. The van der Waals surface area contributed by atoms with E-state index >= 15 is 0 Å². The zero-order chi connectivity index (χ0) is 44.0. The first-order valence-electron chi connectivity index (χ1n) is 22.2. The van der Waals surface area contributed by atoms with Crippen molar-refractivity contribution in [3.63, 3.8) is 0 Å². The van der Waals surface area contributed by atoms with Gasteiger partial charge in [-0.15, -0.1) is 69.1 Å². The number of benzene rings is 8. The van der Waals surface area contributed by atoms with Gasteiger partial charge < -0.3 is 9.13 Å². The standard InChI is InChI=1S/2C22H16N.C14H14.C2H6Si.Zr/c2*1-15-13-16-7-6-12-22(19(16)14-15)23-20-10-4-2-8-17(20)18-9-3-5-11-21(18)23;1-3-7-13(8-4-1)11-12-14-9-5-2-6-10-14;1-3-2;/h2*2-14H,1H3;1-10H,11-12H2;1-2H3;/q2*-1;;;+2. The van der Waals surface area contributed by atoms with Gasteiger partial charge in [0.2, 0.25) is 0 Å².